The number of carbonyl (C=O) groups is 1. The second kappa shape index (κ2) is 6.05. The molecule has 2 heterocycles. The zero-order chi connectivity index (χ0) is 15.7. The normalized spacial score (nSPS) is 16.5. The van der Waals surface area contributed by atoms with Crippen LogP contribution in [0.3, 0.4) is 0 Å². The lowest BCUT2D eigenvalue weighted by molar-refractivity contribution is 0.0595. The van der Waals surface area contributed by atoms with Crippen LogP contribution in [0.2, 0.25) is 0 Å². The average molecular weight is 297 g/mol. The number of amides is 1. The SMILES string of the molecule is Cc1ccc2cc(C(=O)N3CCN(C(C)C)CC3)ccc2n1. The highest BCUT2D eigenvalue weighted by Gasteiger charge is 2.23. The molecule has 1 saturated heterocycles. The van der Waals surface area contributed by atoms with Crippen molar-refractivity contribution < 1.29 is 4.79 Å². The van der Waals surface area contributed by atoms with E-state index in [4.69, 9.17) is 0 Å². The van der Waals surface area contributed by atoms with Gasteiger partial charge in [-0.2, -0.15) is 0 Å². The van der Waals surface area contributed by atoms with Gasteiger partial charge in [0.2, 0.25) is 0 Å². The quantitative estimate of drug-likeness (QED) is 0.855. The summed E-state index contributed by atoms with van der Waals surface area (Å²) in [7, 11) is 0. The van der Waals surface area contributed by atoms with Crippen LogP contribution in [0, 0.1) is 6.92 Å². The summed E-state index contributed by atoms with van der Waals surface area (Å²) >= 11 is 0. The van der Waals surface area contributed by atoms with Gasteiger partial charge in [0.05, 0.1) is 5.52 Å². The van der Waals surface area contributed by atoms with Gasteiger partial charge in [-0.25, -0.2) is 0 Å². The van der Waals surface area contributed by atoms with Gasteiger partial charge in [-0.05, 0) is 45.0 Å². The van der Waals surface area contributed by atoms with Crippen LogP contribution >= 0.6 is 0 Å². The molecule has 0 radical (unpaired) electrons. The van der Waals surface area contributed by atoms with Crippen LogP contribution in [0.5, 0.6) is 0 Å². The van der Waals surface area contributed by atoms with Crippen molar-refractivity contribution in [1.29, 1.82) is 0 Å². The lowest BCUT2D eigenvalue weighted by atomic mass is 10.1. The van der Waals surface area contributed by atoms with Gasteiger partial charge in [0, 0.05) is 48.9 Å². The van der Waals surface area contributed by atoms with Gasteiger partial charge in [-0.1, -0.05) is 6.07 Å². The molecule has 0 N–H and O–H groups in total. The number of hydrogen-bond donors (Lipinski definition) is 0. The molecule has 1 aliphatic heterocycles. The van der Waals surface area contributed by atoms with Crippen molar-refractivity contribution in [3.63, 3.8) is 0 Å². The Morgan fingerprint density at radius 1 is 1.09 bits per heavy atom. The van der Waals surface area contributed by atoms with E-state index in [-0.39, 0.29) is 5.91 Å². The first kappa shape index (κ1) is 15.0. The fourth-order valence-corrected chi connectivity index (χ4v) is 2.98. The van der Waals surface area contributed by atoms with Gasteiger partial charge >= 0.3 is 0 Å². The summed E-state index contributed by atoms with van der Waals surface area (Å²) in [5.41, 5.74) is 2.70. The summed E-state index contributed by atoms with van der Waals surface area (Å²) < 4.78 is 0. The van der Waals surface area contributed by atoms with E-state index in [1.165, 1.54) is 0 Å². The fraction of sp³-hybridized carbons (Fsp3) is 0.444. The molecule has 1 amide bonds. The Bertz CT molecular complexity index is 688. The van der Waals surface area contributed by atoms with Gasteiger partial charge in [-0.15, -0.1) is 0 Å². The highest BCUT2D eigenvalue weighted by Crippen LogP contribution is 2.17. The van der Waals surface area contributed by atoms with Crippen LogP contribution in [0.1, 0.15) is 29.9 Å². The molecule has 1 aliphatic rings. The Hall–Kier alpha value is -1.94. The number of pyridine rings is 1. The number of hydrogen-bond acceptors (Lipinski definition) is 3. The van der Waals surface area contributed by atoms with Crippen molar-refractivity contribution in [3.8, 4) is 0 Å². The van der Waals surface area contributed by atoms with Crippen LogP contribution in [0.25, 0.3) is 10.9 Å². The molecule has 0 atom stereocenters. The molecule has 2 aromatic rings. The van der Waals surface area contributed by atoms with Crippen molar-refractivity contribution >= 4 is 16.8 Å². The highest BCUT2D eigenvalue weighted by molar-refractivity contribution is 5.98. The minimum Gasteiger partial charge on any atom is -0.336 e. The van der Waals surface area contributed by atoms with E-state index in [1.54, 1.807) is 0 Å². The maximum atomic E-state index is 12.7. The molecular formula is C18H23N3O. The first-order valence-corrected chi connectivity index (χ1v) is 7.95. The standard InChI is InChI=1S/C18H23N3O/c1-13(2)20-8-10-21(11-9-20)18(22)16-6-7-17-15(12-16)5-4-14(3)19-17/h4-7,12-13H,8-11H2,1-3H3. The Balaban J connectivity index is 1.77. The van der Waals surface area contributed by atoms with E-state index in [2.05, 4.69) is 23.7 Å². The number of aromatic nitrogens is 1. The summed E-state index contributed by atoms with van der Waals surface area (Å²) in [5.74, 6) is 0.130. The molecule has 0 bridgehead atoms. The molecule has 1 fully saturated rings. The van der Waals surface area contributed by atoms with Gasteiger partial charge in [0.1, 0.15) is 0 Å². The third kappa shape index (κ3) is 2.97. The Labute approximate surface area is 131 Å². The third-order valence-corrected chi connectivity index (χ3v) is 4.41. The van der Waals surface area contributed by atoms with Crippen molar-refractivity contribution in [2.45, 2.75) is 26.8 Å². The zero-order valence-corrected chi connectivity index (χ0v) is 13.5. The van der Waals surface area contributed by atoms with Crippen LogP contribution < -0.4 is 0 Å². The van der Waals surface area contributed by atoms with Crippen molar-refractivity contribution in [2.75, 3.05) is 26.2 Å². The number of rotatable bonds is 2. The summed E-state index contributed by atoms with van der Waals surface area (Å²) in [5, 5.41) is 1.03. The fourth-order valence-electron chi connectivity index (χ4n) is 2.98. The topological polar surface area (TPSA) is 36.4 Å². The first-order chi connectivity index (χ1) is 10.5. The van der Waals surface area contributed by atoms with E-state index in [9.17, 15) is 4.79 Å². The minimum absolute atomic E-state index is 0.130. The average Bonchev–Trinajstić information content (AvgIpc) is 2.53. The van der Waals surface area contributed by atoms with E-state index in [0.29, 0.717) is 6.04 Å². The van der Waals surface area contributed by atoms with E-state index < -0.39 is 0 Å². The Morgan fingerprint density at radius 2 is 1.82 bits per heavy atom. The van der Waals surface area contributed by atoms with E-state index >= 15 is 0 Å². The lowest BCUT2D eigenvalue weighted by Gasteiger charge is -2.37. The number of benzene rings is 1. The van der Waals surface area contributed by atoms with Gasteiger partial charge in [0.15, 0.2) is 0 Å². The number of fused-ring (bicyclic) bond motifs is 1. The van der Waals surface area contributed by atoms with Crippen LogP contribution in [-0.2, 0) is 0 Å². The molecule has 22 heavy (non-hydrogen) atoms. The van der Waals surface area contributed by atoms with Gasteiger partial charge in [0.25, 0.3) is 5.91 Å². The van der Waals surface area contributed by atoms with Crippen LogP contribution in [0.4, 0.5) is 0 Å². The van der Waals surface area contributed by atoms with Crippen molar-refractivity contribution in [3.05, 3.63) is 41.6 Å². The maximum Gasteiger partial charge on any atom is 0.253 e. The minimum atomic E-state index is 0.130. The molecule has 1 aromatic carbocycles. The van der Waals surface area contributed by atoms with E-state index in [0.717, 1.165) is 48.3 Å². The third-order valence-electron chi connectivity index (χ3n) is 4.41. The predicted molar refractivity (Wildman–Crippen MR) is 89.1 cm³/mol. The largest absolute Gasteiger partial charge is 0.336 e. The molecule has 4 nitrogen and oxygen atoms in total. The summed E-state index contributed by atoms with van der Waals surface area (Å²) in [6, 6.07) is 10.4. The maximum absolute atomic E-state index is 12.7. The summed E-state index contributed by atoms with van der Waals surface area (Å²) in [4.78, 5) is 21.5. The summed E-state index contributed by atoms with van der Waals surface area (Å²) in [6.45, 7) is 9.91. The second-order valence-corrected chi connectivity index (χ2v) is 6.28. The van der Waals surface area contributed by atoms with Gasteiger partial charge < -0.3 is 4.90 Å². The monoisotopic (exact) mass is 297 g/mol. The van der Waals surface area contributed by atoms with E-state index in [1.807, 2.05) is 42.2 Å². The number of aryl methyl sites for hydroxylation is 1. The molecule has 0 spiro atoms. The zero-order valence-electron chi connectivity index (χ0n) is 13.5. The Morgan fingerprint density at radius 3 is 2.50 bits per heavy atom. The molecular weight excluding hydrogens is 274 g/mol. The molecule has 3 rings (SSSR count). The van der Waals surface area contributed by atoms with Gasteiger partial charge in [-0.3, -0.25) is 14.7 Å². The Kier molecular flexibility index (Phi) is 4.12. The van der Waals surface area contributed by atoms with Crippen LogP contribution in [0.15, 0.2) is 30.3 Å². The van der Waals surface area contributed by atoms with Crippen molar-refractivity contribution in [1.82, 2.24) is 14.8 Å². The van der Waals surface area contributed by atoms with Crippen molar-refractivity contribution in [2.24, 2.45) is 0 Å². The predicted octanol–water partition coefficient (Wildman–Crippen LogP) is 2.71. The molecule has 1 aromatic heterocycles. The van der Waals surface area contributed by atoms with Crippen LogP contribution in [-0.4, -0.2) is 52.9 Å². The summed E-state index contributed by atoms with van der Waals surface area (Å²) in [6.07, 6.45) is 0. The molecule has 0 saturated carbocycles. The molecule has 0 aliphatic carbocycles. The second-order valence-electron chi connectivity index (χ2n) is 6.28. The molecule has 4 heteroatoms. The molecule has 0 unspecified atom stereocenters. The number of piperazine rings is 1. The first-order valence-electron chi connectivity index (χ1n) is 7.95. The number of nitrogens with zero attached hydrogens (tertiary/aromatic N) is 3. The molecule has 116 valence electrons. The lowest BCUT2D eigenvalue weighted by Crippen LogP contribution is -2.50. The highest BCUT2D eigenvalue weighted by atomic mass is 16.2. The smallest absolute Gasteiger partial charge is 0.253 e. The number of carbonyl (C=O) groups excluding carboxylic acids is 1.